The molecule has 16 heavy (non-hydrogen) atoms. The van der Waals surface area contributed by atoms with Crippen LogP contribution in [0.2, 0.25) is 0 Å². The number of rotatable bonds is 12. The number of hydrogen-bond acceptors (Lipinski definition) is 5. The van der Waals surface area contributed by atoms with E-state index in [0.717, 1.165) is 58.7 Å². The van der Waals surface area contributed by atoms with E-state index in [4.69, 9.17) is 11.5 Å². The average Bonchev–Trinajstić information content (AvgIpc) is 2.31. The van der Waals surface area contributed by atoms with Crippen LogP contribution in [-0.2, 0) is 0 Å². The van der Waals surface area contributed by atoms with Gasteiger partial charge in [-0.25, -0.2) is 0 Å². The maximum atomic E-state index is 5.38. The van der Waals surface area contributed by atoms with Crippen molar-refractivity contribution in [2.24, 2.45) is 11.5 Å². The fourth-order valence-electron chi connectivity index (χ4n) is 1.25. The monoisotopic (exact) mass is 229 g/mol. The van der Waals surface area contributed by atoms with Crippen molar-refractivity contribution in [2.75, 3.05) is 45.8 Å². The lowest BCUT2D eigenvalue weighted by Gasteiger charge is -2.06. The van der Waals surface area contributed by atoms with Gasteiger partial charge in [-0.3, -0.25) is 0 Å². The van der Waals surface area contributed by atoms with Crippen molar-refractivity contribution in [3.05, 3.63) is 12.3 Å². The summed E-state index contributed by atoms with van der Waals surface area (Å²) >= 11 is 0. The van der Waals surface area contributed by atoms with E-state index in [-0.39, 0.29) is 0 Å². The first-order valence-electron chi connectivity index (χ1n) is 6.10. The van der Waals surface area contributed by atoms with Gasteiger partial charge in [0, 0.05) is 19.6 Å². The Kier molecular flexibility index (Phi) is 13.8. The summed E-state index contributed by atoms with van der Waals surface area (Å²) in [6.45, 7) is 6.76. The SMILES string of the molecule is NC=CCNCCCNCCNCCCN. The van der Waals surface area contributed by atoms with E-state index < -0.39 is 0 Å². The molecule has 0 aromatic rings. The minimum atomic E-state index is 0.767. The molecule has 0 aromatic heterocycles. The maximum Gasteiger partial charge on any atom is 0.0151 e. The third-order valence-corrected chi connectivity index (χ3v) is 2.14. The molecule has 0 atom stereocenters. The third kappa shape index (κ3) is 13.4. The van der Waals surface area contributed by atoms with E-state index in [0.29, 0.717) is 0 Å². The molecule has 0 fully saturated rings. The van der Waals surface area contributed by atoms with E-state index >= 15 is 0 Å². The lowest BCUT2D eigenvalue weighted by atomic mass is 10.4. The van der Waals surface area contributed by atoms with E-state index in [1.165, 1.54) is 0 Å². The Balaban J connectivity index is 2.88. The molecule has 7 N–H and O–H groups in total. The van der Waals surface area contributed by atoms with Crippen molar-refractivity contribution < 1.29 is 0 Å². The van der Waals surface area contributed by atoms with Gasteiger partial charge in [-0.1, -0.05) is 6.08 Å². The lowest BCUT2D eigenvalue weighted by molar-refractivity contribution is 0.576. The Bertz CT molecular complexity index is 149. The fraction of sp³-hybridized carbons (Fsp3) is 0.818. The lowest BCUT2D eigenvalue weighted by Crippen LogP contribution is -2.30. The standard InChI is InChI=1S/C11H27N5/c12-4-1-6-14-8-3-9-16-11-10-15-7-2-5-13/h1,4,14-16H,2-3,5-13H2. The highest BCUT2D eigenvalue weighted by molar-refractivity contribution is 4.77. The average molecular weight is 229 g/mol. The summed E-state index contributed by atoms with van der Waals surface area (Å²) in [7, 11) is 0. The predicted molar refractivity (Wildman–Crippen MR) is 70.2 cm³/mol. The van der Waals surface area contributed by atoms with Crippen LogP contribution in [0.15, 0.2) is 12.3 Å². The smallest absolute Gasteiger partial charge is 0.0151 e. The molecule has 0 heterocycles. The van der Waals surface area contributed by atoms with Crippen LogP contribution in [0.25, 0.3) is 0 Å². The zero-order valence-corrected chi connectivity index (χ0v) is 10.2. The summed E-state index contributed by atoms with van der Waals surface area (Å²) in [6.07, 6.45) is 5.67. The van der Waals surface area contributed by atoms with Gasteiger partial charge in [0.2, 0.25) is 0 Å². The maximum absolute atomic E-state index is 5.38. The molecule has 0 unspecified atom stereocenters. The summed E-state index contributed by atoms with van der Waals surface area (Å²) in [6, 6.07) is 0. The highest BCUT2D eigenvalue weighted by Gasteiger charge is 1.88. The van der Waals surface area contributed by atoms with Crippen LogP contribution < -0.4 is 27.4 Å². The van der Waals surface area contributed by atoms with Crippen molar-refractivity contribution in [3.8, 4) is 0 Å². The molecule has 0 aliphatic carbocycles. The Morgan fingerprint density at radius 2 is 1.44 bits per heavy atom. The highest BCUT2D eigenvalue weighted by atomic mass is 14.9. The van der Waals surface area contributed by atoms with Crippen molar-refractivity contribution in [1.82, 2.24) is 16.0 Å². The molecule has 0 radical (unpaired) electrons. The van der Waals surface area contributed by atoms with Crippen molar-refractivity contribution in [2.45, 2.75) is 12.8 Å². The molecule has 5 nitrogen and oxygen atoms in total. The summed E-state index contributed by atoms with van der Waals surface area (Å²) in [5.74, 6) is 0. The van der Waals surface area contributed by atoms with Crippen molar-refractivity contribution in [1.29, 1.82) is 0 Å². The van der Waals surface area contributed by atoms with Crippen molar-refractivity contribution >= 4 is 0 Å². The van der Waals surface area contributed by atoms with Crippen LogP contribution in [0.4, 0.5) is 0 Å². The quantitative estimate of drug-likeness (QED) is 0.276. The van der Waals surface area contributed by atoms with Gasteiger partial charge in [0.15, 0.2) is 0 Å². The van der Waals surface area contributed by atoms with Crippen LogP contribution in [-0.4, -0.2) is 45.8 Å². The molecule has 0 bridgehead atoms. The first-order chi connectivity index (χ1) is 7.91. The Morgan fingerprint density at radius 3 is 2.06 bits per heavy atom. The molecule has 0 aliphatic rings. The summed E-state index contributed by atoms with van der Waals surface area (Å²) in [5, 5.41) is 9.97. The van der Waals surface area contributed by atoms with Gasteiger partial charge in [-0.05, 0) is 45.2 Å². The van der Waals surface area contributed by atoms with Gasteiger partial charge in [-0.2, -0.15) is 0 Å². The van der Waals surface area contributed by atoms with Crippen LogP contribution >= 0.6 is 0 Å². The van der Waals surface area contributed by atoms with Crippen LogP contribution in [0.3, 0.4) is 0 Å². The van der Waals surface area contributed by atoms with Gasteiger partial charge >= 0.3 is 0 Å². The summed E-state index contributed by atoms with van der Waals surface area (Å²) < 4.78 is 0. The van der Waals surface area contributed by atoms with Crippen molar-refractivity contribution in [3.63, 3.8) is 0 Å². The van der Waals surface area contributed by atoms with Crippen LogP contribution in [0.5, 0.6) is 0 Å². The van der Waals surface area contributed by atoms with E-state index in [1.807, 2.05) is 6.08 Å². The molecular formula is C11H27N5. The molecule has 0 aliphatic heterocycles. The van der Waals surface area contributed by atoms with Gasteiger partial charge in [0.05, 0.1) is 0 Å². The molecule has 0 amide bonds. The van der Waals surface area contributed by atoms with Gasteiger partial charge in [0.25, 0.3) is 0 Å². The molecule has 0 saturated carbocycles. The molecular weight excluding hydrogens is 202 g/mol. The molecule has 0 spiro atoms. The van der Waals surface area contributed by atoms with Gasteiger partial charge < -0.3 is 27.4 Å². The summed E-state index contributed by atoms with van der Waals surface area (Å²) in [5.41, 5.74) is 10.6. The van der Waals surface area contributed by atoms with E-state index in [2.05, 4.69) is 16.0 Å². The second-order valence-electron chi connectivity index (χ2n) is 3.63. The minimum absolute atomic E-state index is 0.767. The number of nitrogens with two attached hydrogens (primary N) is 2. The second kappa shape index (κ2) is 14.4. The predicted octanol–water partition coefficient (Wildman–Crippen LogP) is -1.03. The Morgan fingerprint density at radius 1 is 0.812 bits per heavy atom. The topological polar surface area (TPSA) is 88.1 Å². The fourth-order valence-corrected chi connectivity index (χ4v) is 1.25. The van der Waals surface area contributed by atoms with Gasteiger partial charge in [-0.15, -0.1) is 0 Å². The number of nitrogens with one attached hydrogen (secondary N) is 3. The van der Waals surface area contributed by atoms with E-state index in [1.54, 1.807) is 6.20 Å². The molecule has 5 heteroatoms. The third-order valence-electron chi connectivity index (χ3n) is 2.14. The van der Waals surface area contributed by atoms with Crippen LogP contribution in [0, 0.1) is 0 Å². The Hall–Kier alpha value is -0.620. The zero-order valence-electron chi connectivity index (χ0n) is 10.2. The largest absolute Gasteiger partial charge is 0.405 e. The van der Waals surface area contributed by atoms with E-state index in [9.17, 15) is 0 Å². The Labute approximate surface area is 99.0 Å². The molecule has 0 aromatic carbocycles. The second-order valence-corrected chi connectivity index (χ2v) is 3.63. The molecule has 96 valence electrons. The minimum Gasteiger partial charge on any atom is -0.405 e. The normalized spacial score (nSPS) is 11.3. The van der Waals surface area contributed by atoms with Gasteiger partial charge in [0.1, 0.15) is 0 Å². The first-order valence-corrected chi connectivity index (χ1v) is 6.10. The first kappa shape index (κ1) is 15.4. The van der Waals surface area contributed by atoms with Crippen LogP contribution in [0.1, 0.15) is 12.8 Å². The highest BCUT2D eigenvalue weighted by Crippen LogP contribution is 1.74. The summed E-state index contributed by atoms with van der Waals surface area (Å²) in [4.78, 5) is 0. The molecule has 0 saturated heterocycles. The zero-order chi connectivity index (χ0) is 11.9. The molecule has 0 rings (SSSR count). The number of hydrogen-bond donors (Lipinski definition) is 5.